The van der Waals surface area contributed by atoms with Gasteiger partial charge in [0.15, 0.2) is 5.17 Å². The molecule has 4 heteroatoms. The molecule has 2 nitrogen and oxygen atoms in total. The minimum absolute atomic E-state index is 0.605. The van der Waals surface area contributed by atoms with Gasteiger partial charge in [-0.05, 0) is 26.0 Å². The van der Waals surface area contributed by atoms with E-state index in [1.54, 1.807) is 0 Å². The van der Waals surface area contributed by atoms with Crippen molar-refractivity contribution in [2.75, 3.05) is 18.6 Å². The molecule has 2 unspecified atom stereocenters. The first-order valence-corrected chi connectivity index (χ1v) is 7.46. The number of nitrogens with one attached hydrogen (secondary N) is 1. The van der Waals surface area contributed by atoms with Crippen molar-refractivity contribution >= 4 is 28.7 Å². The lowest BCUT2D eigenvalue weighted by Crippen LogP contribution is -2.35. The Morgan fingerprint density at radius 2 is 2.50 bits per heavy atom. The first-order valence-electron chi connectivity index (χ1n) is 5.19. The quantitative estimate of drug-likeness (QED) is 0.806. The molecule has 0 saturated carbocycles. The molecule has 0 bridgehead atoms. The lowest BCUT2D eigenvalue weighted by Gasteiger charge is -2.21. The van der Waals surface area contributed by atoms with Crippen LogP contribution >= 0.6 is 23.5 Å². The summed E-state index contributed by atoms with van der Waals surface area (Å²) >= 11 is 3.77. The molecule has 1 aliphatic rings. The fourth-order valence-corrected chi connectivity index (χ4v) is 2.69. The first kappa shape index (κ1) is 12.2. The van der Waals surface area contributed by atoms with Crippen LogP contribution < -0.4 is 5.32 Å². The normalized spacial score (nSPS) is 27.4. The van der Waals surface area contributed by atoms with Crippen molar-refractivity contribution < 1.29 is 0 Å². The van der Waals surface area contributed by atoms with E-state index in [1.165, 1.54) is 18.6 Å². The van der Waals surface area contributed by atoms with Gasteiger partial charge < -0.3 is 5.32 Å². The molecule has 0 aromatic heterocycles. The average molecular weight is 232 g/mol. The maximum absolute atomic E-state index is 4.58. The van der Waals surface area contributed by atoms with Crippen molar-refractivity contribution in [3.8, 4) is 0 Å². The zero-order valence-electron chi connectivity index (χ0n) is 9.25. The molecule has 0 aliphatic carbocycles. The number of thioether (sulfide) groups is 2. The van der Waals surface area contributed by atoms with Crippen LogP contribution in [-0.4, -0.2) is 35.0 Å². The van der Waals surface area contributed by atoms with Crippen molar-refractivity contribution in [3.05, 3.63) is 0 Å². The number of amidine groups is 1. The van der Waals surface area contributed by atoms with E-state index in [1.807, 2.05) is 23.5 Å². The van der Waals surface area contributed by atoms with E-state index >= 15 is 0 Å². The van der Waals surface area contributed by atoms with Gasteiger partial charge in [0.1, 0.15) is 0 Å². The number of hydrogen-bond donors (Lipinski definition) is 1. The Hall–Kier alpha value is 0.170. The summed E-state index contributed by atoms with van der Waals surface area (Å²) in [5, 5.41) is 5.29. The van der Waals surface area contributed by atoms with Crippen LogP contribution in [0.2, 0.25) is 0 Å². The second-order valence-corrected chi connectivity index (χ2v) is 6.06. The molecule has 0 amide bonds. The summed E-state index contributed by atoms with van der Waals surface area (Å²) in [4.78, 5) is 4.58. The molecule has 0 radical (unpaired) electrons. The number of hydrogen-bond acceptors (Lipinski definition) is 3. The predicted octanol–water partition coefficient (Wildman–Crippen LogP) is 2.60. The summed E-state index contributed by atoms with van der Waals surface area (Å²) in [6, 6.07) is 0.605. The Kier molecular flexibility index (Phi) is 5.78. The molecule has 0 aromatic carbocycles. The van der Waals surface area contributed by atoms with Crippen LogP contribution in [0.4, 0.5) is 0 Å². The molecule has 1 saturated heterocycles. The number of nitrogens with zero attached hydrogens (tertiary/aromatic N) is 1. The molecule has 0 aromatic rings. The Morgan fingerprint density at radius 1 is 1.71 bits per heavy atom. The average Bonchev–Trinajstić information content (AvgIpc) is 2.17. The van der Waals surface area contributed by atoms with Gasteiger partial charge in [-0.3, -0.25) is 4.99 Å². The van der Waals surface area contributed by atoms with Crippen LogP contribution in [0.25, 0.3) is 0 Å². The summed E-state index contributed by atoms with van der Waals surface area (Å²) < 4.78 is 0. The highest BCUT2D eigenvalue weighted by Gasteiger charge is 2.12. The van der Waals surface area contributed by atoms with Gasteiger partial charge in [0, 0.05) is 23.6 Å². The molecule has 1 N–H and O–H groups in total. The fourth-order valence-electron chi connectivity index (χ4n) is 1.21. The monoisotopic (exact) mass is 232 g/mol. The van der Waals surface area contributed by atoms with Crippen molar-refractivity contribution in [2.45, 2.75) is 38.0 Å². The van der Waals surface area contributed by atoms with Crippen LogP contribution in [0.1, 0.15) is 26.7 Å². The van der Waals surface area contributed by atoms with Gasteiger partial charge in [0.25, 0.3) is 0 Å². The molecule has 82 valence electrons. The molecule has 0 spiro atoms. The third kappa shape index (κ3) is 4.60. The van der Waals surface area contributed by atoms with Gasteiger partial charge in [-0.1, -0.05) is 18.7 Å². The zero-order chi connectivity index (χ0) is 10.4. The van der Waals surface area contributed by atoms with Gasteiger partial charge in [0.05, 0.1) is 0 Å². The third-order valence-electron chi connectivity index (χ3n) is 2.35. The smallest absolute Gasteiger partial charge is 0.156 e. The van der Waals surface area contributed by atoms with E-state index in [2.05, 4.69) is 30.4 Å². The Balaban J connectivity index is 2.22. The lowest BCUT2D eigenvalue weighted by atomic mass is 10.3. The fraction of sp³-hybridized carbons (Fsp3) is 0.900. The van der Waals surface area contributed by atoms with E-state index in [0.717, 1.165) is 17.0 Å². The van der Waals surface area contributed by atoms with Gasteiger partial charge in [-0.2, -0.15) is 11.8 Å². The van der Waals surface area contributed by atoms with Gasteiger partial charge in [0.2, 0.25) is 0 Å². The maximum atomic E-state index is 4.58. The summed E-state index contributed by atoms with van der Waals surface area (Å²) in [6.45, 7) is 5.44. The van der Waals surface area contributed by atoms with Gasteiger partial charge in [-0.15, -0.1) is 0 Å². The molecule has 1 fully saturated rings. The largest absolute Gasteiger partial charge is 0.362 e. The van der Waals surface area contributed by atoms with E-state index < -0.39 is 0 Å². The second kappa shape index (κ2) is 6.62. The molecular formula is C10H20N2S2. The molecule has 1 rings (SSSR count). The Bertz CT molecular complexity index is 195. The summed E-state index contributed by atoms with van der Waals surface area (Å²) in [6.07, 6.45) is 4.60. The minimum atomic E-state index is 0.605. The standard InChI is InChI=1S/C10H20N2S2/c1-8-5-7-14-10(12-8)11-6-4-9(2)13-3/h8-9H,4-7H2,1-3H3,(H,11,12). The Labute approximate surface area is 95.7 Å². The maximum Gasteiger partial charge on any atom is 0.156 e. The molecular weight excluding hydrogens is 212 g/mol. The van der Waals surface area contributed by atoms with E-state index in [-0.39, 0.29) is 0 Å². The van der Waals surface area contributed by atoms with Crippen LogP contribution in [0.5, 0.6) is 0 Å². The highest BCUT2D eigenvalue weighted by atomic mass is 32.2. The highest BCUT2D eigenvalue weighted by molar-refractivity contribution is 8.13. The first-order chi connectivity index (χ1) is 6.72. The minimum Gasteiger partial charge on any atom is -0.362 e. The van der Waals surface area contributed by atoms with Crippen LogP contribution in [0, 0.1) is 0 Å². The van der Waals surface area contributed by atoms with Gasteiger partial charge >= 0.3 is 0 Å². The van der Waals surface area contributed by atoms with Crippen LogP contribution in [0.15, 0.2) is 4.99 Å². The zero-order valence-corrected chi connectivity index (χ0v) is 10.9. The summed E-state index contributed by atoms with van der Waals surface area (Å²) in [5.41, 5.74) is 0. The third-order valence-corrected chi connectivity index (χ3v) is 4.35. The number of rotatable bonds is 4. The summed E-state index contributed by atoms with van der Waals surface area (Å²) in [5.74, 6) is 1.21. The number of aliphatic imine (C=N–C) groups is 1. The molecule has 14 heavy (non-hydrogen) atoms. The van der Waals surface area contributed by atoms with Crippen LogP contribution in [0.3, 0.4) is 0 Å². The van der Waals surface area contributed by atoms with Crippen LogP contribution in [-0.2, 0) is 0 Å². The van der Waals surface area contributed by atoms with Crippen molar-refractivity contribution in [1.82, 2.24) is 5.32 Å². The van der Waals surface area contributed by atoms with E-state index in [4.69, 9.17) is 0 Å². The molecule has 2 atom stereocenters. The lowest BCUT2D eigenvalue weighted by molar-refractivity contribution is 0.641. The molecule has 1 aliphatic heterocycles. The highest BCUT2D eigenvalue weighted by Crippen LogP contribution is 2.14. The van der Waals surface area contributed by atoms with Crippen molar-refractivity contribution in [3.63, 3.8) is 0 Å². The predicted molar refractivity (Wildman–Crippen MR) is 69.6 cm³/mol. The molecule has 1 heterocycles. The second-order valence-electron chi connectivity index (χ2n) is 3.70. The van der Waals surface area contributed by atoms with Crippen molar-refractivity contribution in [2.24, 2.45) is 4.99 Å². The van der Waals surface area contributed by atoms with Crippen molar-refractivity contribution in [1.29, 1.82) is 0 Å². The van der Waals surface area contributed by atoms with E-state index in [0.29, 0.717) is 6.04 Å². The van der Waals surface area contributed by atoms with E-state index in [9.17, 15) is 0 Å². The summed E-state index contributed by atoms with van der Waals surface area (Å²) in [7, 11) is 0. The SMILES string of the molecule is CSC(C)CCN=C1NC(C)CCS1. The van der Waals surface area contributed by atoms with Gasteiger partial charge in [-0.25, -0.2) is 0 Å². The topological polar surface area (TPSA) is 24.4 Å². The Morgan fingerprint density at radius 3 is 3.14 bits per heavy atom.